The highest BCUT2D eigenvalue weighted by Crippen LogP contribution is 1.81. The molecular weight excluding hydrogens is 180 g/mol. The molecule has 0 fully saturated rings. The summed E-state index contributed by atoms with van der Waals surface area (Å²) >= 11 is 4.45. The number of thiocarbonyl (C=S) groups is 1. The maximum absolute atomic E-state index is 11.0. The van der Waals surface area contributed by atoms with Crippen LogP contribution in [-0.4, -0.2) is 26.2 Å². The van der Waals surface area contributed by atoms with Crippen molar-refractivity contribution in [3.63, 3.8) is 0 Å². The maximum atomic E-state index is 11.0. The molecule has 8 heteroatoms. The van der Waals surface area contributed by atoms with E-state index in [2.05, 4.69) is 38.3 Å². The number of H-pyrrole nitrogens is 1. The molecule has 1 rings (SSSR count). The molecule has 5 N–H and O–H groups in total. The summed E-state index contributed by atoms with van der Waals surface area (Å²) in [7, 11) is 0. The van der Waals surface area contributed by atoms with Crippen molar-refractivity contribution in [3.8, 4) is 0 Å². The summed E-state index contributed by atoms with van der Waals surface area (Å²) in [6.07, 6.45) is 1.22. The van der Waals surface area contributed by atoms with Crippen molar-refractivity contribution in [2.24, 2.45) is 5.73 Å². The van der Waals surface area contributed by atoms with E-state index in [9.17, 15) is 4.79 Å². The Labute approximate surface area is 72.7 Å². The van der Waals surface area contributed by atoms with Crippen LogP contribution in [0.1, 0.15) is 10.6 Å². The van der Waals surface area contributed by atoms with Crippen LogP contribution in [0.5, 0.6) is 0 Å². The quantitative estimate of drug-likeness (QED) is 0.307. The van der Waals surface area contributed by atoms with Crippen LogP contribution in [0.15, 0.2) is 6.33 Å². The van der Waals surface area contributed by atoms with Crippen LogP contribution in [0, 0.1) is 0 Å². The SMILES string of the molecule is NC(=S)NNC(=O)c1ncn[nH]1. The molecule has 1 aromatic rings. The van der Waals surface area contributed by atoms with E-state index in [0.29, 0.717) is 0 Å². The Hall–Kier alpha value is -1.70. The third kappa shape index (κ3) is 2.16. The van der Waals surface area contributed by atoms with E-state index >= 15 is 0 Å². The van der Waals surface area contributed by atoms with Crippen molar-refractivity contribution in [2.45, 2.75) is 0 Å². The average molecular weight is 186 g/mol. The number of hydrogen-bond donors (Lipinski definition) is 4. The predicted molar refractivity (Wildman–Crippen MR) is 43.8 cm³/mol. The van der Waals surface area contributed by atoms with E-state index < -0.39 is 5.91 Å². The second-order valence-electron chi connectivity index (χ2n) is 1.78. The van der Waals surface area contributed by atoms with Crippen LogP contribution in [0.25, 0.3) is 0 Å². The maximum Gasteiger partial charge on any atom is 0.306 e. The summed E-state index contributed by atoms with van der Waals surface area (Å²) in [6.45, 7) is 0. The number of hydrogen-bond acceptors (Lipinski definition) is 4. The zero-order valence-corrected chi connectivity index (χ0v) is 6.68. The van der Waals surface area contributed by atoms with Crippen molar-refractivity contribution in [2.75, 3.05) is 0 Å². The topological polar surface area (TPSA) is 109 Å². The van der Waals surface area contributed by atoms with Gasteiger partial charge < -0.3 is 5.73 Å². The number of nitrogens with two attached hydrogens (primary N) is 1. The molecule has 0 aromatic carbocycles. The van der Waals surface area contributed by atoms with E-state index in [0.717, 1.165) is 0 Å². The summed E-state index contributed by atoms with van der Waals surface area (Å²) in [4.78, 5) is 14.6. The fourth-order valence-electron chi connectivity index (χ4n) is 0.492. The normalized spacial score (nSPS) is 9.00. The Kier molecular flexibility index (Phi) is 2.53. The van der Waals surface area contributed by atoms with Gasteiger partial charge in [0, 0.05) is 0 Å². The Balaban J connectivity index is 2.45. The second kappa shape index (κ2) is 3.62. The van der Waals surface area contributed by atoms with Gasteiger partial charge in [-0.15, -0.1) is 0 Å². The van der Waals surface area contributed by atoms with Gasteiger partial charge in [0.2, 0.25) is 5.82 Å². The van der Waals surface area contributed by atoms with Gasteiger partial charge in [0.25, 0.3) is 0 Å². The number of hydrazine groups is 1. The highest BCUT2D eigenvalue weighted by molar-refractivity contribution is 7.80. The van der Waals surface area contributed by atoms with Crippen LogP contribution in [0.2, 0.25) is 0 Å². The molecule has 0 bridgehead atoms. The summed E-state index contributed by atoms with van der Waals surface area (Å²) in [5, 5.41) is 5.82. The van der Waals surface area contributed by atoms with Crippen molar-refractivity contribution in [1.82, 2.24) is 26.0 Å². The lowest BCUT2D eigenvalue weighted by atomic mass is 10.6. The van der Waals surface area contributed by atoms with Crippen LogP contribution < -0.4 is 16.6 Å². The van der Waals surface area contributed by atoms with Crippen LogP contribution >= 0.6 is 12.2 Å². The average Bonchev–Trinajstić information content (AvgIpc) is 2.51. The molecule has 0 saturated carbocycles. The monoisotopic (exact) mass is 186 g/mol. The summed E-state index contributed by atoms with van der Waals surface area (Å²) in [5.41, 5.74) is 9.50. The third-order valence-corrected chi connectivity index (χ3v) is 1.03. The van der Waals surface area contributed by atoms with Gasteiger partial charge in [0.15, 0.2) is 5.11 Å². The fraction of sp³-hybridized carbons (Fsp3) is 0. The van der Waals surface area contributed by atoms with E-state index in [1.54, 1.807) is 0 Å². The van der Waals surface area contributed by atoms with Crippen molar-refractivity contribution < 1.29 is 4.79 Å². The van der Waals surface area contributed by atoms with E-state index in [1.165, 1.54) is 6.33 Å². The minimum atomic E-state index is -0.486. The highest BCUT2D eigenvalue weighted by atomic mass is 32.1. The Bertz CT molecular complexity index is 282. The lowest BCUT2D eigenvalue weighted by molar-refractivity contribution is 0.0934. The van der Waals surface area contributed by atoms with E-state index in [1.807, 2.05) is 0 Å². The number of nitrogens with zero attached hydrogens (tertiary/aromatic N) is 2. The van der Waals surface area contributed by atoms with Gasteiger partial charge >= 0.3 is 5.91 Å². The number of rotatable bonds is 1. The fourth-order valence-corrected chi connectivity index (χ4v) is 0.543. The van der Waals surface area contributed by atoms with Crippen LogP contribution in [0.3, 0.4) is 0 Å². The summed E-state index contributed by atoms with van der Waals surface area (Å²) in [5.74, 6) is -0.404. The molecular formula is C4H6N6OS. The molecule has 0 aliphatic heterocycles. The molecule has 7 nitrogen and oxygen atoms in total. The number of carbonyl (C=O) groups excluding carboxylic acids is 1. The number of aromatic amines is 1. The molecule has 0 aliphatic rings. The van der Waals surface area contributed by atoms with Gasteiger partial charge in [-0.3, -0.25) is 20.7 Å². The van der Waals surface area contributed by atoms with Gasteiger partial charge in [0.1, 0.15) is 6.33 Å². The van der Waals surface area contributed by atoms with Crippen LogP contribution in [-0.2, 0) is 0 Å². The standard InChI is InChI=1S/C4H6N6OS/c5-4(12)10-9-3(11)2-6-1-7-8-2/h1H,(H,9,11)(H3,5,10,12)(H,6,7,8). The Morgan fingerprint density at radius 2 is 2.42 bits per heavy atom. The highest BCUT2D eigenvalue weighted by Gasteiger charge is 2.06. The van der Waals surface area contributed by atoms with Gasteiger partial charge in [-0.25, -0.2) is 4.98 Å². The molecule has 1 aromatic heterocycles. The molecule has 1 heterocycles. The molecule has 64 valence electrons. The van der Waals surface area contributed by atoms with Crippen molar-refractivity contribution >= 4 is 23.2 Å². The van der Waals surface area contributed by atoms with Crippen molar-refractivity contribution in [1.29, 1.82) is 0 Å². The molecule has 0 radical (unpaired) electrons. The Morgan fingerprint density at radius 1 is 1.67 bits per heavy atom. The number of amides is 1. The minimum Gasteiger partial charge on any atom is -0.375 e. The number of nitrogens with one attached hydrogen (secondary N) is 3. The van der Waals surface area contributed by atoms with E-state index in [4.69, 9.17) is 5.73 Å². The second-order valence-corrected chi connectivity index (χ2v) is 2.22. The zero-order valence-electron chi connectivity index (χ0n) is 5.87. The first-order valence-electron chi connectivity index (χ1n) is 2.91. The Morgan fingerprint density at radius 3 is 2.92 bits per heavy atom. The molecule has 0 atom stereocenters. The number of carbonyl (C=O) groups is 1. The number of aromatic nitrogens is 3. The summed E-state index contributed by atoms with van der Waals surface area (Å²) in [6, 6.07) is 0. The van der Waals surface area contributed by atoms with Crippen molar-refractivity contribution in [3.05, 3.63) is 12.2 Å². The first kappa shape index (κ1) is 8.40. The van der Waals surface area contributed by atoms with Gasteiger partial charge in [-0.1, -0.05) is 0 Å². The van der Waals surface area contributed by atoms with Crippen LogP contribution in [0.4, 0.5) is 0 Å². The van der Waals surface area contributed by atoms with E-state index in [-0.39, 0.29) is 10.9 Å². The predicted octanol–water partition coefficient (Wildman–Crippen LogP) is -1.72. The van der Waals surface area contributed by atoms with Gasteiger partial charge in [-0.2, -0.15) is 5.10 Å². The van der Waals surface area contributed by atoms with Gasteiger partial charge in [-0.05, 0) is 12.2 Å². The lowest BCUT2D eigenvalue weighted by Crippen LogP contribution is -2.44. The molecule has 1 amide bonds. The molecule has 12 heavy (non-hydrogen) atoms. The first-order valence-corrected chi connectivity index (χ1v) is 3.32. The lowest BCUT2D eigenvalue weighted by Gasteiger charge is -2.02. The minimum absolute atomic E-state index is 0.0251. The largest absolute Gasteiger partial charge is 0.375 e. The molecule has 0 spiro atoms. The smallest absolute Gasteiger partial charge is 0.306 e. The third-order valence-electron chi connectivity index (χ3n) is 0.929. The molecule has 0 saturated heterocycles. The van der Waals surface area contributed by atoms with Gasteiger partial charge in [0.05, 0.1) is 0 Å². The summed E-state index contributed by atoms with van der Waals surface area (Å²) < 4.78 is 0. The molecule has 0 unspecified atom stereocenters. The zero-order chi connectivity index (χ0) is 8.97. The first-order chi connectivity index (χ1) is 5.70. The molecule has 0 aliphatic carbocycles.